The van der Waals surface area contributed by atoms with Crippen molar-refractivity contribution >= 4 is 12.6 Å². The van der Waals surface area contributed by atoms with Crippen molar-refractivity contribution in [3.8, 4) is 11.5 Å². The van der Waals surface area contributed by atoms with Crippen molar-refractivity contribution in [1.82, 2.24) is 0 Å². The molecular formula is C10H10O4. The maximum Gasteiger partial charge on any atom is 0.157 e. The van der Waals surface area contributed by atoms with E-state index >= 15 is 0 Å². The van der Waals surface area contributed by atoms with Crippen LogP contribution in [0.15, 0.2) is 6.07 Å². The SMILES string of the molecule is CCc1cc(C=O)c(O)c(C=O)c1O. The summed E-state index contributed by atoms with van der Waals surface area (Å²) in [5, 5.41) is 18.8. The molecule has 74 valence electrons. The number of carbonyl (C=O) groups is 2. The molecule has 1 rings (SSSR count). The van der Waals surface area contributed by atoms with Crippen molar-refractivity contribution in [3.63, 3.8) is 0 Å². The van der Waals surface area contributed by atoms with Gasteiger partial charge in [-0.25, -0.2) is 0 Å². The van der Waals surface area contributed by atoms with Crippen LogP contribution in [0.3, 0.4) is 0 Å². The van der Waals surface area contributed by atoms with Gasteiger partial charge in [0.15, 0.2) is 12.6 Å². The Kier molecular flexibility index (Phi) is 2.86. The Bertz CT molecular complexity index is 382. The second kappa shape index (κ2) is 3.91. The summed E-state index contributed by atoms with van der Waals surface area (Å²) in [5.74, 6) is -0.727. The molecule has 0 unspecified atom stereocenters. The molecule has 0 bridgehead atoms. The molecule has 0 spiro atoms. The molecule has 0 aliphatic carbocycles. The molecule has 0 aromatic heterocycles. The molecule has 0 aliphatic rings. The fourth-order valence-corrected chi connectivity index (χ4v) is 1.24. The molecule has 0 saturated carbocycles. The number of phenols is 2. The van der Waals surface area contributed by atoms with E-state index in [2.05, 4.69) is 0 Å². The topological polar surface area (TPSA) is 74.6 Å². The largest absolute Gasteiger partial charge is 0.507 e. The van der Waals surface area contributed by atoms with Crippen LogP contribution < -0.4 is 0 Å². The number of rotatable bonds is 3. The van der Waals surface area contributed by atoms with Gasteiger partial charge in [-0.2, -0.15) is 0 Å². The van der Waals surface area contributed by atoms with Gasteiger partial charge in [-0.3, -0.25) is 9.59 Å². The van der Waals surface area contributed by atoms with E-state index in [1.54, 1.807) is 6.92 Å². The van der Waals surface area contributed by atoms with Crippen LogP contribution in [0.5, 0.6) is 11.5 Å². The third kappa shape index (κ3) is 1.46. The van der Waals surface area contributed by atoms with Crippen LogP contribution in [-0.2, 0) is 6.42 Å². The zero-order valence-corrected chi connectivity index (χ0v) is 7.65. The van der Waals surface area contributed by atoms with Crippen LogP contribution >= 0.6 is 0 Å². The van der Waals surface area contributed by atoms with Crippen molar-refractivity contribution in [2.75, 3.05) is 0 Å². The highest BCUT2D eigenvalue weighted by Crippen LogP contribution is 2.32. The van der Waals surface area contributed by atoms with Crippen LogP contribution in [0.1, 0.15) is 33.2 Å². The predicted octanol–water partition coefficient (Wildman–Crippen LogP) is 1.29. The first kappa shape index (κ1) is 10.2. The van der Waals surface area contributed by atoms with E-state index < -0.39 is 5.75 Å². The first-order chi connectivity index (χ1) is 6.65. The van der Waals surface area contributed by atoms with Crippen LogP contribution in [0.2, 0.25) is 0 Å². The number of benzene rings is 1. The molecule has 0 heterocycles. The van der Waals surface area contributed by atoms with E-state index in [0.717, 1.165) is 0 Å². The van der Waals surface area contributed by atoms with Gasteiger partial charge in [0.25, 0.3) is 0 Å². The van der Waals surface area contributed by atoms with E-state index in [0.29, 0.717) is 24.6 Å². The van der Waals surface area contributed by atoms with Gasteiger partial charge in [0, 0.05) is 0 Å². The van der Waals surface area contributed by atoms with Crippen LogP contribution in [0.25, 0.3) is 0 Å². The summed E-state index contributed by atoms with van der Waals surface area (Å²) < 4.78 is 0. The Morgan fingerprint density at radius 3 is 2.29 bits per heavy atom. The van der Waals surface area contributed by atoms with Gasteiger partial charge in [0.05, 0.1) is 11.1 Å². The lowest BCUT2D eigenvalue weighted by Gasteiger charge is -2.08. The van der Waals surface area contributed by atoms with Crippen molar-refractivity contribution in [2.24, 2.45) is 0 Å². The Hall–Kier alpha value is -1.84. The average Bonchev–Trinajstić information content (AvgIpc) is 2.19. The molecule has 14 heavy (non-hydrogen) atoms. The number of carbonyl (C=O) groups excluding carboxylic acids is 2. The van der Waals surface area contributed by atoms with Crippen LogP contribution in [-0.4, -0.2) is 22.8 Å². The lowest BCUT2D eigenvalue weighted by atomic mass is 10.0. The number of aryl methyl sites for hydroxylation is 1. The first-order valence-electron chi connectivity index (χ1n) is 4.13. The molecule has 1 aromatic carbocycles. The van der Waals surface area contributed by atoms with Gasteiger partial charge < -0.3 is 10.2 Å². The molecule has 2 N–H and O–H groups in total. The van der Waals surface area contributed by atoms with Crippen molar-refractivity contribution in [2.45, 2.75) is 13.3 Å². The van der Waals surface area contributed by atoms with Crippen LogP contribution in [0, 0.1) is 0 Å². The molecule has 0 amide bonds. The van der Waals surface area contributed by atoms with E-state index in [1.165, 1.54) is 6.07 Å². The maximum atomic E-state index is 10.5. The second-order valence-electron chi connectivity index (χ2n) is 2.83. The molecular weight excluding hydrogens is 184 g/mol. The highest BCUT2D eigenvalue weighted by Gasteiger charge is 2.15. The number of aldehydes is 2. The summed E-state index contributed by atoms with van der Waals surface area (Å²) in [6.07, 6.45) is 1.26. The quantitative estimate of drug-likeness (QED) is 0.711. The first-order valence-corrected chi connectivity index (χ1v) is 4.13. The van der Waals surface area contributed by atoms with E-state index in [4.69, 9.17) is 0 Å². The van der Waals surface area contributed by atoms with Gasteiger partial charge in [0.1, 0.15) is 11.5 Å². The standard InChI is InChI=1S/C10H10O4/c1-2-6-3-7(4-11)10(14)8(5-12)9(6)13/h3-5,13-14H,2H2,1H3. The third-order valence-electron chi connectivity index (χ3n) is 2.04. The summed E-state index contributed by atoms with van der Waals surface area (Å²) in [6.45, 7) is 1.77. The Morgan fingerprint density at radius 2 is 1.86 bits per heavy atom. The Labute approximate surface area is 80.8 Å². The lowest BCUT2D eigenvalue weighted by molar-refractivity contribution is 0.111. The van der Waals surface area contributed by atoms with E-state index in [1.807, 2.05) is 0 Å². The minimum Gasteiger partial charge on any atom is -0.507 e. The summed E-state index contributed by atoms with van der Waals surface area (Å²) >= 11 is 0. The zero-order valence-electron chi connectivity index (χ0n) is 7.65. The number of aromatic hydroxyl groups is 2. The number of hydrogen-bond donors (Lipinski definition) is 2. The molecule has 4 nitrogen and oxygen atoms in total. The van der Waals surface area contributed by atoms with Gasteiger partial charge in [0.2, 0.25) is 0 Å². The van der Waals surface area contributed by atoms with Gasteiger partial charge in [-0.15, -0.1) is 0 Å². The molecule has 0 atom stereocenters. The molecule has 4 heteroatoms. The van der Waals surface area contributed by atoms with E-state index in [-0.39, 0.29) is 16.9 Å². The molecule has 0 saturated heterocycles. The van der Waals surface area contributed by atoms with Gasteiger partial charge in [-0.1, -0.05) is 6.92 Å². The van der Waals surface area contributed by atoms with Gasteiger partial charge >= 0.3 is 0 Å². The van der Waals surface area contributed by atoms with E-state index in [9.17, 15) is 19.8 Å². The highest BCUT2D eigenvalue weighted by molar-refractivity contribution is 5.91. The summed E-state index contributed by atoms with van der Waals surface area (Å²) in [7, 11) is 0. The Morgan fingerprint density at radius 1 is 1.21 bits per heavy atom. The minimum atomic E-state index is -0.468. The second-order valence-corrected chi connectivity index (χ2v) is 2.83. The molecule has 0 radical (unpaired) electrons. The highest BCUT2D eigenvalue weighted by atomic mass is 16.3. The Balaban J connectivity index is 3.54. The van der Waals surface area contributed by atoms with Crippen molar-refractivity contribution < 1.29 is 19.8 Å². The molecule has 0 fully saturated rings. The normalized spacial score (nSPS) is 9.79. The summed E-state index contributed by atoms with van der Waals surface area (Å²) in [5.41, 5.74) is 0.250. The van der Waals surface area contributed by atoms with Crippen LogP contribution in [0.4, 0.5) is 0 Å². The maximum absolute atomic E-state index is 10.5. The van der Waals surface area contributed by atoms with Crippen molar-refractivity contribution in [3.05, 3.63) is 22.8 Å². The predicted molar refractivity (Wildman–Crippen MR) is 49.9 cm³/mol. The van der Waals surface area contributed by atoms with Gasteiger partial charge in [-0.05, 0) is 18.1 Å². The lowest BCUT2D eigenvalue weighted by Crippen LogP contribution is -1.94. The monoisotopic (exact) mass is 194 g/mol. The number of phenolic OH excluding ortho intramolecular Hbond substituents is 2. The fraction of sp³-hybridized carbons (Fsp3) is 0.200. The zero-order chi connectivity index (χ0) is 10.7. The van der Waals surface area contributed by atoms with Crippen molar-refractivity contribution in [1.29, 1.82) is 0 Å². The average molecular weight is 194 g/mol. The summed E-state index contributed by atoms with van der Waals surface area (Å²) in [6, 6.07) is 1.37. The third-order valence-corrected chi connectivity index (χ3v) is 2.04. The minimum absolute atomic E-state index is 0.0155. The summed E-state index contributed by atoms with van der Waals surface area (Å²) in [4.78, 5) is 21.1. The molecule has 0 aliphatic heterocycles. The smallest absolute Gasteiger partial charge is 0.157 e. The fourth-order valence-electron chi connectivity index (χ4n) is 1.24. The molecule has 1 aromatic rings. The number of hydrogen-bond acceptors (Lipinski definition) is 4.